The Bertz CT molecular complexity index is 336. The van der Waals surface area contributed by atoms with E-state index in [1.54, 1.807) is 7.05 Å². The Morgan fingerprint density at radius 1 is 1.33 bits per heavy atom. The lowest BCUT2D eigenvalue weighted by molar-refractivity contribution is -0.121. The van der Waals surface area contributed by atoms with Crippen molar-refractivity contribution >= 4 is 35.8 Å². The first-order chi connectivity index (χ1) is 9.40. The molecule has 0 bridgehead atoms. The summed E-state index contributed by atoms with van der Waals surface area (Å²) in [5, 5.41) is 9.09. The van der Waals surface area contributed by atoms with Crippen LogP contribution in [0.4, 0.5) is 0 Å². The highest BCUT2D eigenvalue weighted by Gasteiger charge is 2.15. The fraction of sp³-hybridized carbons (Fsp3) is 0.857. The molecule has 0 aliphatic carbocycles. The second-order valence-corrected chi connectivity index (χ2v) is 6.07. The number of aliphatic imine (C=N–C) groups is 1. The molecule has 124 valence electrons. The molecule has 0 aromatic heterocycles. The lowest BCUT2D eigenvalue weighted by atomic mass is 10.1. The lowest BCUT2D eigenvalue weighted by Crippen LogP contribution is -2.48. The molecule has 1 heterocycles. The molecule has 7 heteroatoms. The first-order valence-electron chi connectivity index (χ1n) is 7.28. The molecule has 3 N–H and O–H groups in total. The van der Waals surface area contributed by atoms with Crippen LogP contribution in [0, 0.1) is 0 Å². The molecule has 1 amide bonds. The molecule has 1 aliphatic heterocycles. The van der Waals surface area contributed by atoms with Crippen molar-refractivity contribution < 1.29 is 9.53 Å². The zero-order valence-corrected chi connectivity index (χ0v) is 15.8. The predicted octanol–water partition coefficient (Wildman–Crippen LogP) is 1.25. The van der Waals surface area contributed by atoms with E-state index in [0.29, 0.717) is 12.1 Å². The number of nitrogens with one attached hydrogen (secondary N) is 3. The maximum absolute atomic E-state index is 11.7. The van der Waals surface area contributed by atoms with E-state index >= 15 is 0 Å². The van der Waals surface area contributed by atoms with Gasteiger partial charge in [0.2, 0.25) is 5.91 Å². The first kappa shape index (κ1) is 20.4. The topological polar surface area (TPSA) is 74.8 Å². The average Bonchev–Trinajstić information content (AvgIpc) is 2.84. The highest BCUT2D eigenvalue weighted by molar-refractivity contribution is 14.0. The van der Waals surface area contributed by atoms with Crippen LogP contribution in [0.2, 0.25) is 0 Å². The predicted molar refractivity (Wildman–Crippen MR) is 96.3 cm³/mol. The summed E-state index contributed by atoms with van der Waals surface area (Å²) in [6.45, 7) is 7.77. The Hall–Kier alpha value is -0.570. The molecule has 1 rings (SSSR count). The van der Waals surface area contributed by atoms with Crippen molar-refractivity contribution in [3.05, 3.63) is 0 Å². The normalized spacial score (nSPS) is 18.9. The first-order valence-corrected chi connectivity index (χ1v) is 7.28. The number of amides is 1. The second-order valence-electron chi connectivity index (χ2n) is 6.07. The molecule has 0 radical (unpaired) electrons. The van der Waals surface area contributed by atoms with Crippen LogP contribution < -0.4 is 16.0 Å². The molecule has 6 nitrogen and oxygen atoms in total. The number of halogens is 1. The third kappa shape index (κ3) is 9.89. The Morgan fingerprint density at radius 2 is 2.05 bits per heavy atom. The van der Waals surface area contributed by atoms with Gasteiger partial charge in [-0.05, 0) is 40.0 Å². The fourth-order valence-electron chi connectivity index (χ4n) is 2.07. The van der Waals surface area contributed by atoms with E-state index in [-0.39, 0.29) is 42.0 Å². The number of rotatable bonds is 5. The zero-order chi connectivity index (χ0) is 15.0. The van der Waals surface area contributed by atoms with Gasteiger partial charge >= 0.3 is 0 Å². The van der Waals surface area contributed by atoms with Gasteiger partial charge in [-0.2, -0.15) is 0 Å². The summed E-state index contributed by atoms with van der Waals surface area (Å²) in [6.07, 6.45) is 3.63. The maximum atomic E-state index is 11.7. The van der Waals surface area contributed by atoms with E-state index in [0.717, 1.165) is 32.4 Å². The van der Waals surface area contributed by atoms with Gasteiger partial charge in [-0.15, -0.1) is 24.0 Å². The molecule has 1 unspecified atom stereocenters. The minimum Gasteiger partial charge on any atom is -0.378 e. The molecular formula is C14H29IN4O2. The number of hydrogen-bond acceptors (Lipinski definition) is 3. The van der Waals surface area contributed by atoms with Crippen LogP contribution >= 0.6 is 24.0 Å². The molecular weight excluding hydrogens is 383 g/mol. The third-order valence-electron chi connectivity index (χ3n) is 2.94. The van der Waals surface area contributed by atoms with Gasteiger partial charge in [0, 0.05) is 25.7 Å². The van der Waals surface area contributed by atoms with Crippen LogP contribution in [0.1, 0.15) is 40.0 Å². The molecule has 0 spiro atoms. The van der Waals surface area contributed by atoms with E-state index in [1.807, 2.05) is 20.8 Å². The highest BCUT2D eigenvalue weighted by atomic mass is 127. The second kappa shape index (κ2) is 10.2. The van der Waals surface area contributed by atoms with Gasteiger partial charge in [0.15, 0.2) is 5.96 Å². The van der Waals surface area contributed by atoms with Gasteiger partial charge in [0.25, 0.3) is 0 Å². The van der Waals surface area contributed by atoms with Crippen molar-refractivity contribution in [3.8, 4) is 0 Å². The van der Waals surface area contributed by atoms with Crippen molar-refractivity contribution in [3.63, 3.8) is 0 Å². The van der Waals surface area contributed by atoms with Gasteiger partial charge in [-0.25, -0.2) is 0 Å². The molecule has 0 aromatic rings. The summed E-state index contributed by atoms with van der Waals surface area (Å²) in [4.78, 5) is 15.8. The SMILES string of the molecule is CN=C(NCCC1CCCO1)NCC(=O)NC(C)(C)C.I. The molecule has 1 saturated heterocycles. The van der Waals surface area contributed by atoms with Crippen LogP contribution in [0.3, 0.4) is 0 Å². The summed E-state index contributed by atoms with van der Waals surface area (Å²) < 4.78 is 5.56. The summed E-state index contributed by atoms with van der Waals surface area (Å²) in [5.41, 5.74) is -0.213. The minimum atomic E-state index is -0.213. The molecule has 0 aromatic carbocycles. The summed E-state index contributed by atoms with van der Waals surface area (Å²) in [5.74, 6) is 0.603. The van der Waals surface area contributed by atoms with Gasteiger partial charge in [-0.3, -0.25) is 9.79 Å². The Labute approximate surface area is 144 Å². The molecule has 0 saturated carbocycles. The Kier molecular flexibility index (Phi) is 9.93. The highest BCUT2D eigenvalue weighted by Crippen LogP contribution is 2.14. The number of carbonyl (C=O) groups excluding carboxylic acids is 1. The monoisotopic (exact) mass is 412 g/mol. The van der Waals surface area contributed by atoms with E-state index in [9.17, 15) is 4.79 Å². The summed E-state index contributed by atoms with van der Waals surface area (Å²) >= 11 is 0. The zero-order valence-electron chi connectivity index (χ0n) is 13.5. The number of nitrogens with zero attached hydrogens (tertiary/aromatic N) is 1. The van der Waals surface area contributed by atoms with Crippen LogP contribution in [0.15, 0.2) is 4.99 Å². The van der Waals surface area contributed by atoms with Crippen molar-refractivity contribution in [2.45, 2.75) is 51.7 Å². The van der Waals surface area contributed by atoms with E-state index in [4.69, 9.17) is 4.74 Å². The number of guanidine groups is 1. The quantitative estimate of drug-likeness (QED) is 0.361. The smallest absolute Gasteiger partial charge is 0.239 e. The molecule has 1 atom stereocenters. The fourth-order valence-corrected chi connectivity index (χ4v) is 2.07. The van der Waals surface area contributed by atoms with Crippen LogP contribution in [0.5, 0.6) is 0 Å². The van der Waals surface area contributed by atoms with Crippen LogP contribution in [-0.4, -0.2) is 50.3 Å². The molecule has 1 fully saturated rings. The largest absolute Gasteiger partial charge is 0.378 e. The van der Waals surface area contributed by atoms with Crippen molar-refractivity contribution in [2.24, 2.45) is 4.99 Å². The van der Waals surface area contributed by atoms with Crippen molar-refractivity contribution in [1.29, 1.82) is 0 Å². The third-order valence-corrected chi connectivity index (χ3v) is 2.94. The maximum Gasteiger partial charge on any atom is 0.239 e. The van der Waals surface area contributed by atoms with E-state index < -0.39 is 0 Å². The van der Waals surface area contributed by atoms with E-state index in [2.05, 4.69) is 20.9 Å². The van der Waals surface area contributed by atoms with Crippen LogP contribution in [0.25, 0.3) is 0 Å². The summed E-state index contributed by atoms with van der Waals surface area (Å²) in [7, 11) is 1.70. The molecule has 21 heavy (non-hydrogen) atoms. The van der Waals surface area contributed by atoms with Crippen molar-refractivity contribution in [2.75, 3.05) is 26.7 Å². The van der Waals surface area contributed by atoms with Crippen molar-refractivity contribution in [1.82, 2.24) is 16.0 Å². The molecule has 1 aliphatic rings. The minimum absolute atomic E-state index is 0. The van der Waals surface area contributed by atoms with Gasteiger partial charge < -0.3 is 20.7 Å². The van der Waals surface area contributed by atoms with Gasteiger partial charge in [-0.1, -0.05) is 0 Å². The lowest BCUT2D eigenvalue weighted by Gasteiger charge is -2.21. The number of hydrogen-bond donors (Lipinski definition) is 3. The number of carbonyl (C=O) groups is 1. The Morgan fingerprint density at radius 3 is 2.57 bits per heavy atom. The van der Waals surface area contributed by atoms with Gasteiger partial charge in [0.05, 0.1) is 12.6 Å². The number of ether oxygens (including phenoxy) is 1. The summed E-state index contributed by atoms with van der Waals surface area (Å²) in [6, 6.07) is 0. The van der Waals surface area contributed by atoms with Crippen LogP contribution in [-0.2, 0) is 9.53 Å². The van der Waals surface area contributed by atoms with E-state index in [1.165, 1.54) is 0 Å². The Balaban J connectivity index is 0.00000400. The standard InChI is InChI=1S/C14H28N4O2.HI/c1-14(2,3)18-12(19)10-17-13(15-4)16-8-7-11-6-5-9-20-11;/h11H,5-10H2,1-4H3,(H,18,19)(H2,15,16,17);1H. The van der Waals surface area contributed by atoms with Gasteiger partial charge in [0.1, 0.15) is 0 Å². The average molecular weight is 412 g/mol.